The molecule has 48 heavy (non-hydrogen) atoms. The van der Waals surface area contributed by atoms with Gasteiger partial charge in [0, 0.05) is 16.2 Å². The van der Waals surface area contributed by atoms with Gasteiger partial charge in [0.15, 0.2) is 0 Å². The van der Waals surface area contributed by atoms with E-state index in [1.165, 1.54) is 87.6 Å². The first kappa shape index (κ1) is 26.2. The minimum Gasteiger partial charge on any atom is -0.456 e. The minimum atomic E-state index is -0.117. The van der Waals surface area contributed by atoms with E-state index in [4.69, 9.17) is 4.42 Å². The van der Waals surface area contributed by atoms with Gasteiger partial charge in [0.2, 0.25) is 0 Å². The van der Waals surface area contributed by atoms with Gasteiger partial charge in [0.1, 0.15) is 11.2 Å². The molecule has 224 valence electrons. The van der Waals surface area contributed by atoms with Crippen molar-refractivity contribution in [2.75, 3.05) is 0 Å². The van der Waals surface area contributed by atoms with Gasteiger partial charge in [0.05, 0.1) is 0 Å². The van der Waals surface area contributed by atoms with Crippen molar-refractivity contribution in [3.63, 3.8) is 0 Å². The summed E-state index contributed by atoms with van der Waals surface area (Å²) in [5.74, 6) is 0. The number of hydrogen-bond acceptors (Lipinski definition) is 1. The maximum Gasteiger partial charge on any atom is 0.135 e. The molecule has 0 saturated carbocycles. The van der Waals surface area contributed by atoms with E-state index in [0.29, 0.717) is 0 Å². The summed E-state index contributed by atoms with van der Waals surface area (Å²) >= 11 is 0. The normalized spacial score (nSPS) is 13.8. The average molecular weight is 611 g/mol. The Balaban J connectivity index is 1.19. The highest BCUT2D eigenvalue weighted by molar-refractivity contribution is 6.24. The van der Waals surface area contributed by atoms with E-state index in [-0.39, 0.29) is 5.41 Å². The van der Waals surface area contributed by atoms with E-state index in [0.717, 1.165) is 21.9 Å². The second kappa shape index (κ2) is 9.12. The van der Waals surface area contributed by atoms with Gasteiger partial charge in [-0.2, -0.15) is 0 Å². The summed E-state index contributed by atoms with van der Waals surface area (Å²) in [5.41, 5.74) is 12.2. The van der Waals surface area contributed by atoms with Crippen molar-refractivity contribution in [2.45, 2.75) is 19.3 Å². The molecule has 1 heterocycles. The van der Waals surface area contributed by atoms with Crippen LogP contribution in [0.2, 0.25) is 0 Å². The quantitative estimate of drug-likeness (QED) is 0.178. The van der Waals surface area contributed by atoms with Crippen LogP contribution < -0.4 is 0 Å². The van der Waals surface area contributed by atoms with Crippen LogP contribution in [-0.4, -0.2) is 0 Å². The van der Waals surface area contributed by atoms with Crippen molar-refractivity contribution in [3.05, 3.63) is 157 Å². The van der Waals surface area contributed by atoms with Gasteiger partial charge in [-0.05, 0) is 130 Å². The van der Waals surface area contributed by atoms with E-state index < -0.39 is 0 Å². The van der Waals surface area contributed by atoms with Gasteiger partial charge >= 0.3 is 0 Å². The molecule has 0 amide bonds. The Morgan fingerprint density at radius 1 is 0.396 bits per heavy atom. The van der Waals surface area contributed by atoms with Crippen molar-refractivity contribution in [3.8, 4) is 33.4 Å². The molecule has 10 aromatic rings. The molecular weight excluding hydrogens is 581 g/mol. The Labute approximate surface area is 278 Å². The number of rotatable bonds is 2. The fourth-order valence-corrected chi connectivity index (χ4v) is 8.85. The van der Waals surface area contributed by atoms with E-state index in [2.05, 4.69) is 153 Å². The standard InChI is InChI=1S/C47H30O/c1-47(2)39-12-5-3-11-37(39)46-40(47)26-34-22-29(33-23-30-16-14-27-8-7-9-28-15-17-31(24-33)44(30)43(27)28)18-20-35(34)45(46)32-19-21-42-38(25-32)36-10-4-6-13-41(36)48-42/h3-26H,1-2H3. The third-order valence-electron chi connectivity index (χ3n) is 11.1. The molecule has 0 fully saturated rings. The second-order valence-electron chi connectivity index (χ2n) is 14.1. The van der Waals surface area contributed by atoms with Crippen LogP contribution in [0.1, 0.15) is 25.0 Å². The lowest BCUT2D eigenvalue weighted by Crippen LogP contribution is -2.15. The predicted molar refractivity (Wildman–Crippen MR) is 203 cm³/mol. The minimum absolute atomic E-state index is 0.117. The van der Waals surface area contributed by atoms with Crippen LogP contribution in [0.3, 0.4) is 0 Å². The number of fused-ring (bicyclic) bond motifs is 7. The predicted octanol–water partition coefficient (Wildman–Crippen LogP) is 13.3. The number of para-hydroxylation sites is 1. The van der Waals surface area contributed by atoms with Crippen molar-refractivity contribution in [2.24, 2.45) is 0 Å². The molecule has 1 heteroatoms. The van der Waals surface area contributed by atoms with Gasteiger partial charge in [-0.15, -0.1) is 0 Å². The molecule has 0 N–H and O–H groups in total. The van der Waals surface area contributed by atoms with Crippen molar-refractivity contribution >= 4 is 65.0 Å². The van der Waals surface area contributed by atoms with Crippen LogP contribution in [0.15, 0.2) is 150 Å². The zero-order chi connectivity index (χ0) is 31.7. The van der Waals surface area contributed by atoms with Crippen LogP contribution in [0, 0.1) is 0 Å². The van der Waals surface area contributed by atoms with Crippen LogP contribution in [0.5, 0.6) is 0 Å². The Morgan fingerprint density at radius 3 is 1.90 bits per heavy atom. The zero-order valence-electron chi connectivity index (χ0n) is 26.8. The van der Waals surface area contributed by atoms with E-state index >= 15 is 0 Å². The summed E-state index contributed by atoms with van der Waals surface area (Å²) in [6.07, 6.45) is 0. The Kier molecular flexibility index (Phi) is 4.97. The van der Waals surface area contributed by atoms with E-state index in [1.54, 1.807) is 0 Å². The monoisotopic (exact) mass is 610 g/mol. The molecule has 1 aliphatic rings. The van der Waals surface area contributed by atoms with Crippen LogP contribution in [-0.2, 0) is 5.41 Å². The molecule has 0 unspecified atom stereocenters. The molecule has 1 aliphatic carbocycles. The molecule has 0 radical (unpaired) electrons. The van der Waals surface area contributed by atoms with E-state index in [9.17, 15) is 0 Å². The average Bonchev–Trinajstić information content (AvgIpc) is 3.61. The largest absolute Gasteiger partial charge is 0.456 e. The molecule has 0 atom stereocenters. The zero-order valence-corrected chi connectivity index (χ0v) is 26.8. The van der Waals surface area contributed by atoms with Crippen molar-refractivity contribution in [1.82, 2.24) is 0 Å². The third kappa shape index (κ3) is 3.40. The fourth-order valence-electron chi connectivity index (χ4n) is 8.85. The van der Waals surface area contributed by atoms with Gasteiger partial charge < -0.3 is 4.42 Å². The summed E-state index contributed by atoms with van der Waals surface area (Å²) in [7, 11) is 0. The maximum absolute atomic E-state index is 6.25. The highest BCUT2D eigenvalue weighted by Gasteiger charge is 2.37. The number of hydrogen-bond donors (Lipinski definition) is 0. The van der Waals surface area contributed by atoms with Crippen molar-refractivity contribution in [1.29, 1.82) is 0 Å². The number of benzene rings is 9. The fraction of sp³-hybridized carbons (Fsp3) is 0.0638. The van der Waals surface area contributed by atoms with Crippen LogP contribution >= 0.6 is 0 Å². The van der Waals surface area contributed by atoms with Gasteiger partial charge in [-0.3, -0.25) is 0 Å². The first-order valence-corrected chi connectivity index (χ1v) is 16.8. The summed E-state index contributed by atoms with van der Waals surface area (Å²) in [4.78, 5) is 0. The molecule has 11 rings (SSSR count). The van der Waals surface area contributed by atoms with Gasteiger partial charge in [-0.25, -0.2) is 0 Å². The lowest BCUT2D eigenvalue weighted by molar-refractivity contribution is 0.661. The molecule has 0 aliphatic heterocycles. The summed E-state index contributed by atoms with van der Waals surface area (Å²) < 4.78 is 6.25. The Hall–Kier alpha value is -5.92. The van der Waals surface area contributed by atoms with Crippen LogP contribution in [0.4, 0.5) is 0 Å². The maximum atomic E-state index is 6.25. The lowest BCUT2D eigenvalue weighted by atomic mass is 9.80. The van der Waals surface area contributed by atoms with Crippen LogP contribution in [0.25, 0.3) is 98.4 Å². The molecular formula is C47H30O. The highest BCUT2D eigenvalue weighted by atomic mass is 16.3. The Morgan fingerprint density at radius 2 is 1.06 bits per heavy atom. The molecule has 1 nitrogen and oxygen atoms in total. The first-order valence-electron chi connectivity index (χ1n) is 16.8. The second-order valence-corrected chi connectivity index (χ2v) is 14.1. The van der Waals surface area contributed by atoms with Crippen molar-refractivity contribution < 1.29 is 4.42 Å². The molecule has 0 saturated heterocycles. The summed E-state index contributed by atoms with van der Waals surface area (Å²) in [5, 5.41) is 12.8. The van der Waals surface area contributed by atoms with Gasteiger partial charge in [0.25, 0.3) is 0 Å². The lowest BCUT2D eigenvalue weighted by Gasteiger charge is -2.23. The molecule has 0 bridgehead atoms. The summed E-state index contributed by atoms with van der Waals surface area (Å²) in [6, 6.07) is 54.1. The smallest absolute Gasteiger partial charge is 0.135 e. The molecule has 9 aromatic carbocycles. The molecule has 1 aromatic heterocycles. The first-order chi connectivity index (χ1) is 23.5. The number of furan rings is 1. The molecule has 0 spiro atoms. The third-order valence-corrected chi connectivity index (χ3v) is 11.1. The summed E-state index contributed by atoms with van der Waals surface area (Å²) in [6.45, 7) is 4.76. The Bertz CT molecular complexity index is 2910. The SMILES string of the molecule is CC1(C)c2ccccc2-c2c1cc1cc(-c3cc4ccc5cccc6ccc(c3)c4c56)ccc1c2-c1ccc2oc3ccccc3c2c1. The highest BCUT2D eigenvalue weighted by Crippen LogP contribution is 2.55. The topological polar surface area (TPSA) is 13.1 Å². The van der Waals surface area contributed by atoms with Gasteiger partial charge in [-0.1, -0.05) is 117 Å². The van der Waals surface area contributed by atoms with E-state index in [1.807, 2.05) is 6.07 Å².